The second-order valence-corrected chi connectivity index (χ2v) is 6.78. The summed E-state index contributed by atoms with van der Waals surface area (Å²) < 4.78 is 5.46. The number of hydrogen-bond acceptors (Lipinski definition) is 4. The van der Waals surface area contributed by atoms with E-state index in [1.54, 1.807) is 30.3 Å². The summed E-state index contributed by atoms with van der Waals surface area (Å²) in [6.07, 6.45) is -0.687. The average molecular weight is 380 g/mol. The van der Waals surface area contributed by atoms with Crippen LogP contribution in [0.2, 0.25) is 15.1 Å². The number of hydrogen-bond donors (Lipinski definition) is 2. The van der Waals surface area contributed by atoms with E-state index in [1.807, 2.05) is 0 Å². The zero-order valence-corrected chi connectivity index (χ0v) is 14.4. The highest BCUT2D eigenvalue weighted by atomic mass is 35.5. The number of ether oxygens (including phenoxy) is 1. The minimum atomic E-state index is -0.687. The Morgan fingerprint density at radius 1 is 1.09 bits per heavy atom. The molecule has 2 N–H and O–H groups in total. The van der Waals surface area contributed by atoms with Crippen molar-refractivity contribution < 1.29 is 14.9 Å². The van der Waals surface area contributed by atoms with Crippen molar-refractivity contribution in [3.63, 3.8) is 0 Å². The number of aromatic hydroxyl groups is 1. The van der Waals surface area contributed by atoms with Crippen molar-refractivity contribution in [2.45, 2.75) is 11.0 Å². The Kier molecular flexibility index (Phi) is 6.53. The summed E-state index contributed by atoms with van der Waals surface area (Å²) in [6, 6.07) is 9.82. The zero-order valence-electron chi connectivity index (χ0n) is 11.3. The van der Waals surface area contributed by atoms with Crippen molar-refractivity contribution in [2.75, 3.05) is 12.4 Å². The number of phenolic OH excluding ortho intramolecular Hbond substituents is 1. The van der Waals surface area contributed by atoms with E-state index < -0.39 is 6.10 Å². The average Bonchev–Trinajstić information content (AvgIpc) is 2.49. The minimum absolute atomic E-state index is 0.0709. The lowest BCUT2D eigenvalue weighted by atomic mass is 10.3. The van der Waals surface area contributed by atoms with Crippen molar-refractivity contribution in [3.8, 4) is 11.5 Å². The molecule has 0 saturated heterocycles. The Morgan fingerprint density at radius 3 is 2.45 bits per heavy atom. The van der Waals surface area contributed by atoms with Gasteiger partial charge in [-0.15, -0.1) is 11.8 Å². The molecular formula is C15H13Cl3O3S. The first-order valence-corrected chi connectivity index (χ1v) is 8.45. The molecule has 0 fully saturated rings. The van der Waals surface area contributed by atoms with E-state index in [1.165, 1.54) is 17.8 Å². The highest BCUT2D eigenvalue weighted by Crippen LogP contribution is 2.35. The highest BCUT2D eigenvalue weighted by molar-refractivity contribution is 7.99. The monoisotopic (exact) mass is 378 g/mol. The maximum absolute atomic E-state index is 9.95. The maximum Gasteiger partial charge on any atom is 0.141 e. The van der Waals surface area contributed by atoms with E-state index in [2.05, 4.69) is 0 Å². The second kappa shape index (κ2) is 8.18. The number of rotatable bonds is 6. The molecule has 0 heterocycles. The van der Waals surface area contributed by atoms with Gasteiger partial charge in [0.1, 0.15) is 23.1 Å². The van der Waals surface area contributed by atoms with Crippen LogP contribution in [0, 0.1) is 0 Å². The lowest BCUT2D eigenvalue weighted by molar-refractivity contribution is 0.126. The van der Waals surface area contributed by atoms with Crippen LogP contribution in [0.3, 0.4) is 0 Å². The van der Waals surface area contributed by atoms with Crippen molar-refractivity contribution in [3.05, 3.63) is 51.5 Å². The van der Waals surface area contributed by atoms with Gasteiger partial charge >= 0.3 is 0 Å². The van der Waals surface area contributed by atoms with E-state index in [-0.39, 0.29) is 17.4 Å². The normalized spacial score (nSPS) is 12.2. The van der Waals surface area contributed by atoms with Gasteiger partial charge in [0.05, 0.1) is 11.1 Å². The summed E-state index contributed by atoms with van der Waals surface area (Å²) >= 11 is 19.3. The highest BCUT2D eigenvalue weighted by Gasteiger charge is 2.11. The van der Waals surface area contributed by atoms with Gasteiger partial charge in [-0.3, -0.25) is 0 Å². The van der Waals surface area contributed by atoms with E-state index in [9.17, 15) is 10.2 Å². The molecule has 118 valence electrons. The fourth-order valence-corrected chi connectivity index (χ4v) is 3.05. The minimum Gasteiger partial charge on any atom is -0.508 e. The third-order valence-electron chi connectivity index (χ3n) is 2.67. The summed E-state index contributed by atoms with van der Waals surface area (Å²) in [6.45, 7) is 0.0709. The molecule has 2 aromatic carbocycles. The van der Waals surface area contributed by atoms with Gasteiger partial charge in [0, 0.05) is 21.7 Å². The molecule has 7 heteroatoms. The Bertz CT molecular complexity index is 635. The molecule has 0 radical (unpaired) electrons. The molecule has 0 saturated carbocycles. The Hall–Kier alpha value is -0.780. The standard InChI is InChI=1S/C15H13Cl3O3S/c16-9-5-13(17)15(18)14(6-9)21-7-11(20)8-22-12-3-1-10(19)2-4-12/h1-6,11,19-20H,7-8H2. The smallest absolute Gasteiger partial charge is 0.141 e. The summed E-state index contributed by atoms with van der Waals surface area (Å²) in [7, 11) is 0. The van der Waals surface area contributed by atoms with Crippen molar-refractivity contribution in [1.82, 2.24) is 0 Å². The Labute approximate surface area is 147 Å². The number of phenols is 1. The zero-order chi connectivity index (χ0) is 16.1. The van der Waals surface area contributed by atoms with Gasteiger partial charge < -0.3 is 14.9 Å². The predicted octanol–water partition coefficient (Wildman–Crippen LogP) is 4.88. The number of thioether (sulfide) groups is 1. The van der Waals surface area contributed by atoms with E-state index in [0.717, 1.165) is 4.90 Å². The van der Waals surface area contributed by atoms with E-state index in [4.69, 9.17) is 39.5 Å². The third-order valence-corrected chi connectivity index (χ3v) is 4.83. The van der Waals surface area contributed by atoms with Crippen LogP contribution in [0.1, 0.15) is 0 Å². The summed E-state index contributed by atoms with van der Waals surface area (Å²) in [5.41, 5.74) is 0. The molecule has 2 aromatic rings. The summed E-state index contributed by atoms with van der Waals surface area (Å²) in [5, 5.41) is 20.1. The Morgan fingerprint density at radius 2 is 1.77 bits per heavy atom. The number of aliphatic hydroxyl groups is 1. The van der Waals surface area contributed by atoms with Crippen LogP contribution in [0.4, 0.5) is 0 Å². The topological polar surface area (TPSA) is 49.7 Å². The molecule has 0 aromatic heterocycles. The molecule has 2 rings (SSSR count). The molecule has 0 amide bonds. The van der Waals surface area contributed by atoms with E-state index in [0.29, 0.717) is 21.5 Å². The van der Waals surface area contributed by atoms with E-state index >= 15 is 0 Å². The molecular weight excluding hydrogens is 367 g/mol. The van der Waals surface area contributed by atoms with Gasteiger partial charge in [-0.2, -0.15) is 0 Å². The van der Waals surface area contributed by atoms with Gasteiger partial charge in [0.15, 0.2) is 0 Å². The van der Waals surface area contributed by atoms with Crippen LogP contribution in [0.15, 0.2) is 41.3 Å². The lowest BCUT2D eigenvalue weighted by Gasteiger charge is -2.14. The summed E-state index contributed by atoms with van der Waals surface area (Å²) in [4.78, 5) is 0.945. The molecule has 0 aliphatic rings. The molecule has 22 heavy (non-hydrogen) atoms. The fraction of sp³-hybridized carbons (Fsp3) is 0.200. The first-order chi connectivity index (χ1) is 10.5. The van der Waals surface area contributed by atoms with Gasteiger partial charge in [-0.25, -0.2) is 0 Å². The maximum atomic E-state index is 9.95. The molecule has 1 atom stereocenters. The molecule has 0 spiro atoms. The van der Waals surface area contributed by atoms with Crippen LogP contribution in [0.5, 0.6) is 11.5 Å². The lowest BCUT2D eigenvalue weighted by Crippen LogP contribution is -2.20. The van der Waals surface area contributed by atoms with Crippen molar-refractivity contribution in [1.29, 1.82) is 0 Å². The molecule has 0 aliphatic carbocycles. The van der Waals surface area contributed by atoms with Gasteiger partial charge in [-0.05, 0) is 30.3 Å². The van der Waals surface area contributed by atoms with Gasteiger partial charge in [0.25, 0.3) is 0 Å². The fourth-order valence-electron chi connectivity index (χ4n) is 1.61. The molecule has 1 unspecified atom stereocenters. The largest absolute Gasteiger partial charge is 0.508 e. The van der Waals surface area contributed by atoms with Crippen LogP contribution in [0.25, 0.3) is 0 Å². The first-order valence-electron chi connectivity index (χ1n) is 6.33. The van der Waals surface area contributed by atoms with Crippen molar-refractivity contribution in [2.24, 2.45) is 0 Å². The third kappa shape index (κ3) is 5.14. The second-order valence-electron chi connectivity index (χ2n) is 4.47. The molecule has 0 aliphatic heterocycles. The number of aliphatic hydroxyl groups excluding tert-OH is 1. The van der Waals surface area contributed by atoms with Gasteiger partial charge in [-0.1, -0.05) is 34.8 Å². The first kappa shape index (κ1) is 17.6. The van der Waals surface area contributed by atoms with Gasteiger partial charge in [0.2, 0.25) is 0 Å². The Balaban J connectivity index is 1.85. The number of halogens is 3. The van der Waals surface area contributed by atoms with Crippen LogP contribution in [-0.2, 0) is 0 Å². The van der Waals surface area contributed by atoms with Crippen LogP contribution < -0.4 is 4.74 Å². The van der Waals surface area contributed by atoms with Crippen molar-refractivity contribution >= 4 is 46.6 Å². The SMILES string of the molecule is Oc1ccc(SCC(O)COc2cc(Cl)cc(Cl)c2Cl)cc1. The van der Waals surface area contributed by atoms with Crippen LogP contribution >= 0.6 is 46.6 Å². The summed E-state index contributed by atoms with van der Waals surface area (Å²) in [5.74, 6) is 0.991. The van der Waals surface area contributed by atoms with Crippen LogP contribution in [-0.4, -0.2) is 28.7 Å². The predicted molar refractivity (Wildman–Crippen MR) is 91.8 cm³/mol. The molecule has 3 nitrogen and oxygen atoms in total. The quantitative estimate of drug-likeness (QED) is 0.554. The number of benzene rings is 2. The molecule has 0 bridgehead atoms.